The fraction of sp³-hybridized carbons (Fsp3) is 0.188. The van der Waals surface area contributed by atoms with Gasteiger partial charge in [-0.05, 0) is 42.8 Å². The Morgan fingerprint density at radius 2 is 1.90 bits per heavy atom. The van der Waals surface area contributed by atoms with E-state index >= 15 is 0 Å². The fourth-order valence-corrected chi connectivity index (χ4v) is 2.24. The Kier molecular flexibility index (Phi) is 3.14. The largest absolute Gasteiger partial charge is 0.381 e. The van der Waals surface area contributed by atoms with Gasteiger partial charge < -0.3 is 5.32 Å². The SMILES string of the molecule is Cc1c2cc(NCc3ccc(F)cc3)ccc2nn1C. The third kappa shape index (κ3) is 2.37. The Morgan fingerprint density at radius 1 is 1.15 bits per heavy atom. The van der Waals surface area contributed by atoms with Crippen molar-refractivity contribution in [2.45, 2.75) is 13.5 Å². The predicted molar refractivity (Wildman–Crippen MR) is 79.2 cm³/mol. The van der Waals surface area contributed by atoms with Crippen LogP contribution in [0.1, 0.15) is 11.3 Å². The molecule has 0 aliphatic rings. The van der Waals surface area contributed by atoms with Crippen molar-refractivity contribution in [1.82, 2.24) is 9.78 Å². The van der Waals surface area contributed by atoms with E-state index < -0.39 is 0 Å². The van der Waals surface area contributed by atoms with Gasteiger partial charge >= 0.3 is 0 Å². The molecule has 0 saturated carbocycles. The van der Waals surface area contributed by atoms with Crippen LogP contribution in [0, 0.1) is 12.7 Å². The van der Waals surface area contributed by atoms with Crippen LogP contribution < -0.4 is 5.32 Å². The minimum atomic E-state index is -0.207. The van der Waals surface area contributed by atoms with Gasteiger partial charge in [-0.1, -0.05) is 12.1 Å². The molecule has 0 unspecified atom stereocenters. The average Bonchev–Trinajstić information content (AvgIpc) is 2.74. The van der Waals surface area contributed by atoms with Gasteiger partial charge in [-0.15, -0.1) is 0 Å². The number of halogens is 1. The van der Waals surface area contributed by atoms with Crippen molar-refractivity contribution in [3.05, 3.63) is 59.5 Å². The van der Waals surface area contributed by atoms with Crippen LogP contribution in [-0.2, 0) is 13.6 Å². The molecular formula is C16H16FN3. The van der Waals surface area contributed by atoms with Crippen molar-refractivity contribution in [2.24, 2.45) is 7.05 Å². The molecule has 0 radical (unpaired) electrons. The fourth-order valence-electron chi connectivity index (χ4n) is 2.24. The molecule has 0 fully saturated rings. The number of hydrogen-bond acceptors (Lipinski definition) is 2. The Balaban J connectivity index is 1.80. The van der Waals surface area contributed by atoms with Crippen LogP contribution in [0.4, 0.5) is 10.1 Å². The number of hydrogen-bond donors (Lipinski definition) is 1. The van der Waals surface area contributed by atoms with Gasteiger partial charge in [-0.3, -0.25) is 4.68 Å². The first-order chi connectivity index (χ1) is 9.63. The zero-order chi connectivity index (χ0) is 14.1. The Morgan fingerprint density at radius 3 is 2.65 bits per heavy atom. The molecule has 20 heavy (non-hydrogen) atoms. The van der Waals surface area contributed by atoms with Gasteiger partial charge in [0.2, 0.25) is 0 Å². The van der Waals surface area contributed by atoms with Crippen molar-refractivity contribution in [3.8, 4) is 0 Å². The van der Waals surface area contributed by atoms with E-state index in [1.54, 1.807) is 12.1 Å². The number of fused-ring (bicyclic) bond motifs is 1. The van der Waals surface area contributed by atoms with E-state index in [0.717, 1.165) is 27.8 Å². The highest BCUT2D eigenvalue weighted by Crippen LogP contribution is 2.21. The summed E-state index contributed by atoms with van der Waals surface area (Å²) in [6.45, 7) is 2.73. The van der Waals surface area contributed by atoms with Crippen molar-refractivity contribution < 1.29 is 4.39 Å². The molecule has 102 valence electrons. The molecule has 0 aliphatic heterocycles. The molecule has 4 heteroatoms. The summed E-state index contributed by atoms with van der Waals surface area (Å²) in [7, 11) is 1.95. The van der Waals surface area contributed by atoms with Crippen LogP contribution in [-0.4, -0.2) is 9.78 Å². The van der Waals surface area contributed by atoms with E-state index in [2.05, 4.69) is 23.4 Å². The van der Waals surface area contributed by atoms with Crippen LogP contribution in [0.25, 0.3) is 10.9 Å². The van der Waals surface area contributed by atoms with Crippen molar-refractivity contribution >= 4 is 16.6 Å². The molecule has 0 amide bonds. The molecule has 0 saturated heterocycles. The lowest BCUT2D eigenvalue weighted by molar-refractivity contribution is 0.627. The second-order valence-electron chi connectivity index (χ2n) is 4.92. The maximum absolute atomic E-state index is 12.8. The number of aryl methyl sites for hydroxylation is 2. The van der Waals surface area contributed by atoms with Crippen LogP contribution in [0.3, 0.4) is 0 Å². The van der Waals surface area contributed by atoms with Gasteiger partial charge in [0.15, 0.2) is 0 Å². The molecule has 1 heterocycles. The van der Waals surface area contributed by atoms with E-state index in [1.165, 1.54) is 12.1 Å². The van der Waals surface area contributed by atoms with Crippen molar-refractivity contribution in [3.63, 3.8) is 0 Å². The lowest BCUT2D eigenvalue weighted by atomic mass is 10.2. The normalized spacial score (nSPS) is 10.9. The minimum Gasteiger partial charge on any atom is -0.381 e. The van der Waals surface area contributed by atoms with Gasteiger partial charge in [0.25, 0.3) is 0 Å². The number of benzene rings is 2. The average molecular weight is 269 g/mol. The maximum atomic E-state index is 12.8. The Bertz CT molecular complexity index is 744. The van der Waals surface area contributed by atoms with Crippen molar-refractivity contribution in [2.75, 3.05) is 5.32 Å². The van der Waals surface area contributed by atoms with Gasteiger partial charge in [0.05, 0.1) is 5.52 Å². The summed E-state index contributed by atoms with van der Waals surface area (Å²) in [5.41, 5.74) is 4.23. The molecule has 3 nitrogen and oxygen atoms in total. The summed E-state index contributed by atoms with van der Waals surface area (Å²) in [5, 5.41) is 8.93. The van der Waals surface area contributed by atoms with E-state index in [-0.39, 0.29) is 5.82 Å². The standard InChI is InChI=1S/C16H16FN3/c1-11-15-9-14(7-8-16(15)19-20(11)2)18-10-12-3-5-13(17)6-4-12/h3-9,18H,10H2,1-2H3. The molecule has 2 aromatic carbocycles. The van der Waals surface area contributed by atoms with Crippen LogP contribution in [0.5, 0.6) is 0 Å². The zero-order valence-electron chi connectivity index (χ0n) is 11.5. The quantitative estimate of drug-likeness (QED) is 0.786. The first kappa shape index (κ1) is 12.7. The lowest BCUT2D eigenvalue weighted by Gasteiger charge is -2.06. The summed E-state index contributed by atoms with van der Waals surface area (Å²) in [4.78, 5) is 0. The molecular weight excluding hydrogens is 253 g/mol. The van der Waals surface area contributed by atoms with Gasteiger partial charge in [-0.25, -0.2) is 4.39 Å². The molecule has 0 atom stereocenters. The summed E-state index contributed by atoms with van der Waals surface area (Å²) in [6, 6.07) is 12.7. The third-order valence-electron chi connectivity index (χ3n) is 3.54. The summed E-state index contributed by atoms with van der Waals surface area (Å²) >= 11 is 0. The molecule has 0 bridgehead atoms. The number of nitrogens with zero attached hydrogens (tertiary/aromatic N) is 2. The minimum absolute atomic E-state index is 0.207. The Hall–Kier alpha value is -2.36. The Labute approximate surface area is 117 Å². The molecule has 0 aliphatic carbocycles. The third-order valence-corrected chi connectivity index (χ3v) is 3.54. The summed E-state index contributed by atoms with van der Waals surface area (Å²) in [5.74, 6) is -0.207. The summed E-state index contributed by atoms with van der Waals surface area (Å²) < 4.78 is 14.7. The van der Waals surface area contributed by atoms with Gasteiger partial charge in [0.1, 0.15) is 5.82 Å². The van der Waals surface area contributed by atoms with Gasteiger partial charge in [0, 0.05) is 30.4 Å². The topological polar surface area (TPSA) is 29.9 Å². The first-order valence-electron chi connectivity index (χ1n) is 6.55. The molecule has 3 rings (SSSR count). The highest BCUT2D eigenvalue weighted by Gasteiger charge is 2.05. The first-order valence-corrected chi connectivity index (χ1v) is 6.55. The lowest BCUT2D eigenvalue weighted by Crippen LogP contribution is -1.99. The van der Waals surface area contributed by atoms with Crippen molar-refractivity contribution in [1.29, 1.82) is 0 Å². The number of anilines is 1. The monoisotopic (exact) mass is 269 g/mol. The molecule has 0 spiro atoms. The molecule has 1 aromatic heterocycles. The van der Waals surface area contributed by atoms with Gasteiger partial charge in [-0.2, -0.15) is 5.10 Å². The van der Waals surface area contributed by atoms with E-state index in [9.17, 15) is 4.39 Å². The second kappa shape index (κ2) is 4.96. The second-order valence-corrected chi connectivity index (χ2v) is 4.92. The highest BCUT2D eigenvalue weighted by molar-refractivity contribution is 5.84. The molecule has 3 aromatic rings. The van der Waals surface area contributed by atoms with Crippen LogP contribution in [0.15, 0.2) is 42.5 Å². The summed E-state index contributed by atoms with van der Waals surface area (Å²) in [6.07, 6.45) is 0. The number of rotatable bonds is 3. The zero-order valence-corrected chi connectivity index (χ0v) is 11.5. The van der Waals surface area contributed by atoms with E-state index in [0.29, 0.717) is 6.54 Å². The highest BCUT2D eigenvalue weighted by atomic mass is 19.1. The van der Waals surface area contributed by atoms with Crippen LogP contribution >= 0.6 is 0 Å². The predicted octanol–water partition coefficient (Wildman–Crippen LogP) is 3.63. The number of aromatic nitrogens is 2. The van der Waals surface area contributed by atoms with Crippen LogP contribution in [0.2, 0.25) is 0 Å². The smallest absolute Gasteiger partial charge is 0.123 e. The maximum Gasteiger partial charge on any atom is 0.123 e. The van der Waals surface area contributed by atoms with E-state index in [4.69, 9.17) is 0 Å². The van der Waals surface area contributed by atoms with E-state index in [1.807, 2.05) is 23.9 Å². The number of nitrogens with one attached hydrogen (secondary N) is 1. The molecule has 1 N–H and O–H groups in total.